The Bertz CT molecular complexity index is 1140. The third-order valence-corrected chi connectivity index (χ3v) is 8.73. The fraction of sp³-hybridized carbons (Fsp3) is 0.581. The number of ether oxygens (including phenoxy) is 1. The van der Waals surface area contributed by atoms with Gasteiger partial charge in [0.15, 0.2) is 0 Å². The molecule has 2 aliphatic carbocycles. The zero-order chi connectivity index (χ0) is 26.3. The number of fused-ring (bicyclic) bond motifs is 1. The molecule has 1 aliphatic heterocycles. The van der Waals surface area contributed by atoms with E-state index in [9.17, 15) is 8.78 Å². The number of nitrogens with zero attached hydrogens (tertiary/aromatic N) is 1. The first-order chi connectivity index (χ1) is 17.6. The van der Waals surface area contributed by atoms with Crippen molar-refractivity contribution in [2.45, 2.75) is 90.0 Å². The second kappa shape index (κ2) is 10.4. The number of unbranched alkanes of at least 4 members (excludes halogenated alkanes) is 1. The molecule has 0 aromatic heterocycles. The van der Waals surface area contributed by atoms with Crippen molar-refractivity contribution in [3.63, 3.8) is 0 Å². The van der Waals surface area contributed by atoms with E-state index in [-0.39, 0.29) is 24.0 Å². The molecule has 6 heteroatoms. The van der Waals surface area contributed by atoms with Gasteiger partial charge in [-0.05, 0) is 105 Å². The molecule has 0 bridgehead atoms. The molecular formula is C31H37F4NO. The number of halogens is 4. The van der Waals surface area contributed by atoms with Gasteiger partial charge in [-0.1, -0.05) is 32.6 Å². The van der Waals surface area contributed by atoms with E-state index in [1.54, 1.807) is 13.8 Å². The van der Waals surface area contributed by atoms with Gasteiger partial charge in [-0.2, -0.15) is 0 Å². The molecule has 3 aliphatic rings. The minimum atomic E-state index is -0.956. The predicted molar refractivity (Wildman–Crippen MR) is 139 cm³/mol. The highest BCUT2D eigenvalue weighted by Gasteiger charge is 2.36. The molecule has 2 aromatic carbocycles. The Balaban J connectivity index is 1.34. The van der Waals surface area contributed by atoms with Crippen LogP contribution in [0.1, 0.15) is 95.6 Å². The van der Waals surface area contributed by atoms with Crippen molar-refractivity contribution < 1.29 is 22.3 Å². The Morgan fingerprint density at radius 1 is 0.838 bits per heavy atom. The van der Waals surface area contributed by atoms with Gasteiger partial charge in [0.05, 0.1) is 11.1 Å². The topological polar surface area (TPSA) is 21.6 Å². The highest BCUT2D eigenvalue weighted by atomic mass is 19.1. The second-order valence-electron chi connectivity index (χ2n) is 12.0. The maximum absolute atomic E-state index is 15.3. The molecule has 2 aromatic rings. The summed E-state index contributed by atoms with van der Waals surface area (Å²) in [4.78, 5) is 4.23. The first-order valence-electron chi connectivity index (χ1n) is 13.9. The zero-order valence-corrected chi connectivity index (χ0v) is 22.1. The molecule has 37 heavy (non-hydrogen) atoms. The Kier molecular flexibility index (Phi) is 7.39. The van der Waals surface area contributed by atoms with Gasteiger partial charge in [0.2, 0.25) is 5.90 Å². The Hall–Kier alpha value is -2.37. The molecule has 0 spiro atoms. The lowest BCUT2D eigenvalue weighted by molar-refractivity contribution is 0.113. The minimum Gasteiger partial charge on any atom is -0.475 e. The van der Waals surface area contributed by atoms with E-state index in [1.807, 2.05) is 0 Å². The normalized spacial score (nSPS) is 26.9. The molecule has 5 rings (SSSR count). The van der Waals surface area contributed by atoms with Gasteiger partial charge < -0.3 is 4.74 Å². The van der Waals surface area contributed by atoms with Crippen molar-refractivity contribution in [2.75, 3.05) is 6.61 Å². The number of rotatable bonds is 6. The van der Waals surface area contributed by atoms with E-state index in [4.69, 9.17) is 4.74 Å². The minimum absolute atomic E-state index is 0.114. The molecular weight excluding hydrogens is 478 g/mol. The molecule has 4 atom stereocenters. The van der Waals surface area contributed by atoms with E-state index in [0.29, 0.717) is 11.5 Å². The van der Waals surface area contributed by atoms with E-state index in [1.165, 1.54) is 50.7 Å². The molecule has 0 amide bonds. The average molecular weight is 516 g/mol. The largest absolute Gasteiger partial charge is 0.475 e. The quantitative estimate of drug-likeness (QED) is 0.352. The van der Waals surface area contributed by atoms with Crippen LogP contribution in [0.25, 0.3) is 11.1 Å². The predicted octanol–water partition coefficient (Wildman–Crippen LogP) is 8.96. The Labute approximate surface area is 217 Å². The van der Waals surface area contributed by atoms with Crippen LogP contribution in [0.4, 0.5) is 17.6 Å². The lowest BCUT2D eigenvalue weighted by Gasteiger charge is -2.42. The summed E-state index contributed by atoms with van der Waals surface area (Å²) in [6, 6.07) is 4.65. The number of benzene rings is 2. The fourth-order valence-corrected chi connectivity index (χ4v) is 6.78. The van der Waals surface area contributed by atoms with Crippen LogP contribution in [-0.2, 0) is 4.74 Å². The molecule has 1 heterocycles. The van der Waals surface area contributed by atoms with Crippen molar-refractivity contribution in [3.05, 3.63) is 58.7 Å². The van der Waals surface area contributed by atoms with Crippen LogP contribution in [0, 0.1) is 41.0 Å². The molecule has 0 radical (unpaired) electrons. The van der Waals surface area contributed by atoms with E-state index in [0.717, 1.165) is 43.2 Å². The van der Waals surface area contributed by atoms with Crippen molar-refractivity contribution in [1.82, 2.24) is 0 Å². The SMILES string of the molecule is CCCCC1CCC2CC(c3cc(F)c(-c4cc(F)c(C5=NC(C)(C)CO5)c(F)c4)c(F)c3)CCC2C1. The summed E-state index contributed by atoms with van der Waals surface area (Å²) < 4.78 is 65.8. The second-order valence-corrected chi connectivity index (χ2v) is 12.0. The first kappa shape index (κ1) is 26.2. The highest BCUT2D eigenvalue weighted by molar-refractivity contribution is 5.96. The van der Waals surface area contributed by atoms with E-state index in [2.05, 4.69) is 11.9 Å². The maximum atomic E-state index is 15.3. The van der Waals surface area contributed by atoms with Gasteiger partial charge in [0.1, 0.15) is 35.4 Å². The summed E-state index contributed by atoms with van der Waals surface area (Å²) in [5, 5.41) is 0. The van der Waals surface area contributed by atoms with Gasteiger partial charge in [0.25, 0.3) is 0 Å². The van der Waals surface area contributed by atoms with Crippen LogP contribution < -0.4 is 0 Å². The summed E-state index contributed by atoms with van der Waals surface area (Å²) in [6.45, 7) is 6.03. The van der Waals surface area contributed by atoms with Crippen molar-refractivity contribution >= 4 is 5.90 Å². The Morgan fingerprint density at radius 2 is 1.46 bits per heavy atom. The van der Waals surface area contributed by atoms with Gasteiger partial charge in [-0.3, -0.25) is 0 Å². The van der Waals surface area contributed by atoms with E-state index >= 15 is 8.78 Å². The first-order valence-corrected chi connectivity index (χ1v) is 13.9. The number of hydrogen-bond donors (Lipinski definition) is 0. The average Bonchev–Trinajstić information content (AvgIpc) is 3.20. The summed E-state index contributed by atoms with van der Waals surface area (Å²) in [5.74, 6) is -1.33. The summed E-state index contributed by atoms with van der Waals surface area (Å²) in [5.41, 5.74) is -0.930. The van der Waals surface area contributed by atoms with Crippen LogP contribution >= 0.6 is 0 Å². The highest BCUT2D eigenvalue weighted by Crippen LogP contribution is 2.49. The summed E-state index contributed by atoms with van der Waals surface area (Å²) in [6.07, 6.45) is 10.6. The van der Waals surface area contributed by atoms with Crippen LogP contribution in [0.2, 0.25) is 0 Å². The molecule has 2 fully saturated rings. The van der Waals surface area contributed by atoms with Crippen LogP contribution in [0.3, 0.4) is 0 Å². The Morgan fingerprint density at radius 3 is 2.08 bits per heavy atom. The monoisotopic (exact) mass is 515 g/mol. The number of hydrogen-bond acceptors (Lipinski definition) is 2. The zero-order valence-electron chi connectivity index (χ0n) is 22.1. The fourth-order valence-electron chi connectivity index (χ4n) is 6.78. The molecule has 0 saturated heterocycles. The molecule has 200 valence electrons. The van der Waals surface area contributed by atoms with Crippen LogP contribution in [-0.4, -0.2) is 18.0 Å². The van der Waals surface area contributed by atoms with Crippen molar-refractivity contribution in [3.8, 4) is 11.1 Å². The standard InChI is InChI=1S/C31H37F4NO/c1-4-5-6-18-7-8-20-12-21(10-9-19(20)11-18)22-13-24(32)28(25(33)14-22)23-15-26(34)29(27(35)16-23)30-36-31(2,3)17-37-30/h13-16,18-21H,4-12,17H2,1-3H3. The van der Waals surface area contributed by atoms with Crippen LogP contribution in [0.15, 0.2) is 29.3 Å². The van der Waals surface area contributed by atoms with Gasteiger partial charge in [-0.15, -0.1) is 0 Å². The smallest absolute Gasteiger partial charge is 0.222 e. The molecule has 2 saturated carbocycles. The third kappa shape index (κ3) is 5.44. The maximum Gasteiger partial charge on any atom is 0.222 e. The summed E-state index contributed by atoms with van der Waals surface area (Å²) >= 11 is 0. The van der Waals surface area contributed by atoms with Crippen LogP contribution in [0.5, 0.6) is 0 Å². The summed E-state index contributed by atoms with van der Waals surface area (Å²) in [7, 11) is 0. The van der Waals surface area contributed by atoms with Crippen molar-refractivity contribution in [1.29, 1.82) is 0 Å². The lowest BCUT2D eigenvalue weighted by atomic mass is 9.63. The lowest BCUT2D eigenvalue weighted by Crippen LogP contribution is -2.30. The van der Waals surface area contributed by atoms with Gasteiger partial charge in [0, 0.05) is 0 Å². The molecule has 2 nitrogen and oxygen atoms in total. The van der Waals surface area contributed by atoms with E-state index < -0.39 is 39.9 Å². The van der Waals surface area contributed by atoms with Gasteiger partial charge >= 0.3 is 0 Å². The van der Waals surface area contributed by atoms with Gasteiger partial charge in [-0.25, -0.2) is 22.6 Å². The molecule has 4 unspecified atom stereocenters. The molecule has 0 N–H and O–H groups in total. The third-order valence-electron chi connectivity index (χ3n) is 8.73. The number of aliphatic imine (C=N–C) groups is 1. The van der Waals surface area contributed by atoms with Crippen molar-refractivity contribution in [2.24, 2.45) is 22.7 Å².